The lowest BCUT2D eigenvalue weighted by Gasteiger charge is -2.02. The number of halogens is 2. The molecule has 4 aromatic rings. The van der Waals surface area contributed by atoms with E-state index in [2.05, 4.69) is 91.9 Å². The Morgan fingerprint density at radius 3 is 1.23 bits per heavy atom. The van der Waals surface area contributed by atoms with Crippen LogP contribution in [0, 0.1) is 23.7 Å². The molecule has 0 spiro atoms. The average molecular weight is 524 g/mol. The third kappa shape index (κ3) is 4.52. The van der Waals surface area contributed by atoms with Crippen LogP contribution in [0.3, 0.4) is 0 Å². The summed E-state index contributed by atoms with van der Waals surface area (Å²) in [5.41, 5.74) is 9.39. The zero-order valence-electron chi connectivity index (χ0n) is 16.5. The molecule has 4 aromatic carbocycles. The van der Waals surface area contributed by atoms with E-state index in [4.69, 9.17) is 0 Å². The van der Waals surface area contributed by atoms with Gasteiger partial charge in [-0.15, -0.1) is 0 Å². The first-order chi connectivity index (χ1) is 15.1. The quantitative estimate of drug-likeness (QED) is 0.183. The van der Waals surface area contributed by atoms with Crippen LogP contribution in [0.2, 0.25) is 0 Å². The highest BCUT2D eigenvalue weighted by Gasteiger charge is 2.18. The fourth-order valence-corrected chi connectivity index (χ4v) is 4.25. The smallest absolute Gasteiger partial charge is 0.0252 e. The molecule has 0 aliphatic heterocycles. The lowest BCUT2D eigenvalue weighted by Crippen LogP contribution is -1.84. The van der Waals surface area contributed by atoms with Crippen molar-refractivity contribution in [1.82, 2.24) is 0 Å². The summed E-state index contributed by atoms with van der Waals surface area (Å²) in [4.78, 5) is 0. The van der Waals surface area contributed by atoms with Crippen LogP contribution in [0.15, 0.2) is 93.9 Å². The lowest BCUT2D eigenvalue weighted by atomic mass is 10.0. The molecule has 0 radical (unpaired) electrons. The summed E-state index contributed by atoms with van der Waals surface area (Å²) < 4.78 is 2.13. The van der Waals surface area contributed by atoms with Crippen LogP contribution in [0.5, 0.6) is 0 Å². The van der Waals surface area contributed by atoms with Crippen molar-refractivity contribution in [3.63, 3.8) is 0 Å². The Morgan fingerprint density at radius 1 is 0.452 bits per heavy atom. The largest absolute Gasteiger partial charge is 0.0617 e. The normalized spacial score (nSPS) is 10.9. The number of rotatable bonds is 0. The first kappa shape index (κ1) is 19.9. The Labute approximate surface area is 199 Å². The van der Waals surface area contributed by atoms with Gasteiger partial charge in [0, 0.05) is 31.2 Å². The van der Waals surface area contributed by atoms with Gasteiger partial charge < -0.3 is 0 Å². The van der Waals surface area contributed by atoms with Gasteiger partial charge in [0.1, 0.15) is 0 Å². The van der Waals surface area contributed by atoms with Crippen molar-refractivity contribution >= 4 is 31.9 Å². The van der Waals surface area contributed by atoms with Crippen molar-refractivity contribution < 1.29 is 0 Å². The molecule has 5 rings (SSSR count). The minimum Gasteiger partial charge on any atom is -0.0617 e. The highest BCUT2D eigenvalue weighted by molar-refractivity contribution is 9.10. The molecule has 0 fully saturated rings. The monoisotopic (exact) mass is 522 g/mol. The molecule has 0 bridgehead atoms. The predicted octanol–water partition coefficient (Wildman–Crippen LogP) is 7.58. The average Bonchev–Trinajstić information content (AvgIpc) is 3.15. The van der Waals surface area contributed by atoms with Gasteiger partial charge >= 0.3 is 0 Å². The van der Waals surface area contributed by atoms with Gasteiger partial charge in [0.05, 0.1) is 0 Å². The maximum Gasteiger partial charge on any atom is 0.0252 e. The summed E-state index contributed by atoms with van der Waals surface area (Å²) in [5, 5.41) is 0. The van der Waals surface area contributed by atoms with Crippen molar-refractivity contribution in [2.75, 3.05) is 0 Å². The van der Waals surface area contributed by atoms with Gasteiger partial charge in [-0.1, -0.05) is 67.7 Å². The highest BCUT2D eigenvalue weighted by atomic mass is 79.9. The Morgan fingerprint density at radius 2 is 0.806 bits per heavy atom. The first-order valence-electron chi connectivity index (χ1n) is 9.95. The summed E-state index contributed by atoms with van der Waals surface area (Å²) in [6, 6.07) is 29.2. The van der Waals surface area contributed by atoms with E-state index in [9.17, 15) is 0 Å². The molecule has 0 aromatic heterocycles. The van der Waals surface area contributed by atoms with Crippen molar-refractivity contribution in [1.29, 1.82) is 0 Å². The molecule has 0 saturated heterocycles. The summed E-state index contributed by atoms with van der Waals surface area (Å²) >= 11 is 6.92. The summed E-state index contributed by atoms with van der Waals surface area (Å²) in [6.07, 6.45) is 0.923. The second kappa shape index (κ2) is 8.60. The second-order valence-electron chi connectivity index (χ2n) is 7.43. The van der Waals surface area contributed by atoms with Crippen LogP contribution >= 0.6 is 31.9 Å². The van der Waals surface area contributed by atoms with Crippen LogP contribution in [0.1, 0.15) is 33.4 Å². The number of fused-ring (bicyclic) bond motifs is 3. The van der Waals surface area contributed by atoms with Gasteiger partial charge in [-0.2, -0.15) is 0 Å². The van der Waals surface area contributed by atoms with Crippen molar-refractivity contribution in [2.24, 2.45) is 0 Å². The fourth-order valence-electron chi connectivity index (χ4n) is 3.72. The molecular weight excluding hydrogens is 508 g/mol. The van der Waals surface area contributed by atoms with E-state index in [0.29, 0.717) is 0 Å². The maximum atomic E-state index is 3.46. The number of benzene rings is 4. The second-order valence-corrected chi connectivity index (χ2v) is 9.27. The summed E-state index contributed by atoms with van der Waals surface area (Å²) in [5.74, 6) is 13.1. The van der Waals surface area contributed by atoms with Crippen LogP contribution in [-0.2, 0) is 6.42 Å². The lowest BCUT2D eigenvalue weighted by molar-refractivity contribution is 1.26. The van der Waals surface area contributed by atoms with Gasteiger partial charge in [-0.3, -0.25) is 0 Å². The molecule has 1 aliphatic carbocycles. The number of hydrogen-bond acceptors (Lipinski definition) is 0. The van der Waals surface area contributed by atoms with E-state index in [1.54, 1.807) is 0 Å². The molecule has 0 amide bonds. The molecule has 0 saturated carbocycles. The van der Waals surface area contributed by atoms with E-state index in [1.807, 2.05) is 48.5 Å². The molecule has 0 N–H and O–H groups in total. The molecular formula is C29H16Br2. The Kier molecular flexibility index (Phi) is 5.52. The van der Waals surface area contributed by atoms with Gasteiger partial charge in [-0.05, 0) is 101 Å². The van der Waals surface area contributed by atoms with Crippen LogP contribution < -0.4 is 0 Å². The summed E-state index contributed by atoms with van der Waals surface area (Å²) in [6.45, 7) is 0. The van der Waals surface area contributed by atoms with Crippen LogP contribution in [-0.4, -0.2) is 0 Å². The third-order valence-corrected chi connectivity index (χ3v) is 6.33. The Hall–Kier alpha value is -3.04. The molecule has 0 unspecified atom stereocenters. The summed E-state index contributed by atoms with van der Waals surface area (Å²) in [7, 11) is 0. The third-order valence-electron chi connectivity index (χ3n) is 5.27. The van der Waals surface area contributed by atoms with E-state index in [0.717, 1.165) is 37.6 Å². The van der Waals surface area contributed by atoms with E-state index < -0.39 is 0 Å². The van der Waals surface area contributed by atoms with E-state index >= 15 is 0 Å². The molecule has 1 aliphatic rings. The van der Waals surface area contributed by atoms with E-state index in [-0.39, 0.29) is 0 Å². The molecule has 0 nitrogen and oxygen atoms in total. The maximum absolute atomic E-state index is 3.46. The topological polar surface area (TPSA) is 0 Å². The Bertz CT molecular complexity index is 1290. The molecule has 2 heteroatoms. The predicted molar refractivity (Wildman–Crippen MR) is 135 cm³/mol. The van der Waals surface area contributed by atoms with Crippen LogP contribution in [0.4, 0.5) is 0 Å². The molecule has 0 heterocycles. The minimum absolute atomic E-state index is 0.923. The molecule has 0 atom stereocenters. The zero-order chi connectivity index (χ0) is 21.2. The Balaban J connectivity index is 1.38. The van der Waals surface area contributed by atoms with Crippen LogP contribution in [0.25, 0.3) is 11.1 Å². The first-order valence-corrected chi connectivity index (χ1v) is 11.5. The van der Waals surface area contributed by atoms with Gasteiger partial charge in [0.25, 0.3) is 0 Å². The van der Waals surface area contributed by atoms with Crippen molar-refractivity contribution in [2.45, 2.75) is 6.42 Å². The van der Waals surface area contributed by atoms with Crippen molar-refractivity contribution in [3.05, 3.63) is 127 Å². The highest BCUT2D eigenvalue weighted by Crippen LogP contribution is 2.37. The molecule has 31 heavy (non-hydrogen) atoms. The van der Waals surface area contributed by atoms with Gasteiger partial charge in [0.15, 0.2) is 0 Å². The fraction of sp³-hybridized carbons (Fsp3) is 0.0345. The van der Waals surface area contributed by atoms with Crippen molar-refractivity contribution in [3.8, 4) is 34.8 Å². The van der Waals surface area contributed by atoms with Gasteiger partial charge in [0.2, 0.25) is 0 Å². The van der Waals surface area contributed by atoms with Gasteiger partial charge in [-0.25, -0.2) is 0 Å². The minimum atomic E-state index is 0.923. The number of hydrogen-bond donors (Lipinski definition) is 0. The SMILES string of the molecule is Brc1ccc(C#Cc2ccc3c(c2)Cc2cc(C#Cc4ccc(Br)cc4)ccc2-3)cc1. The molecule has 146 valence electrons. The van der Waals surface area contributed by atoms with E-state index in [1.165, 1.54) is 22.3 Å². The standard InChI is InChI=1S/C29H16Br2/c30-26-11-5-20(6-12-26)1-3-22-9-15-28-24(17-22)19-25-18-23(10-16-29(25)28)4-2-21-7-13-27(31)14-8-21/h5-18H,19H2. The zero-order valence-corrected chi connectivity index (χ0v) is 19.7.